The highest BCUT2D eigenvalue weighted by Gasteiger charge is 2.51. The first-order valence-electron chi connectivity index (χ1n) is 4.72. The van der Waals surface area contributed by atoms with Crippen molar-refractivity contribution in [3.8, 4) is 0 Å². The molecule has 2 nitrogen and oxygen atoms in total. The first-order chi connectivity index (χ1) is 7.65. The smallest absolute Gasteiger partial charge is 0.380 e. The van der Waals surface area contributed by atoms with Gasteiger partial charge >= 0.3 is 6.18 Å². The maximum absolute atomic E-state index is 13.1. The van der Waals surface area contributed by atoms with E-state index in [1.165, 1.54) is 12.1 Å². The van der Waals surface area contributed by atoms with Crippen LogP contribution in [0.1, 0.15) is 23.7 Å². The molecule has 0 radical (unpaired) electrons. The topological polar surface area (TPSA) is 37.3 Å². The number of aliphatic hydroxyl groups is 1. The normalized spacial score (nSPS) is 15.4. The lowest BCUT2D eigenvalue weighted by atomic mass is 9.95. The highest BCUT2D eigenvalue weighted by Crippen LogP contribution is 2.33. The number of hydrogen-bond donors (Lipinski definition) is 1. The van der Waals surface area contributed by atoms with Crippen molar-refractivity contribution < 1.29 is 27.5 Å². The Morgan fingerprint density at radius 2 is 1.82 bits per heavy atom. The zero-order valence-corrected chi connectivity index (χ0v) is 8.88. The Hall–Kier alpha value is -1.43. The summed E-state index contributed by atoms with van der Waals surface area (Å²) in [5.41, 5.74) is -3.62. The van der Waals surface area contributed by atoms with E-state index in [0.29, 0.717) is 6.92 Å². The van der Waals surface area contributed by atoms with Crippen molar-refractivity contribution in [2.45, 2.75) is 25.1 Å². The van der Waals surface area contributed by atoms with Gasteiger partial charge in [0.1, 0.15) is 5.82 Å². The van der Waals surface area contributed by atoms with Gasteiger partial charge in [0.15, 0.2) is 11.4 Å². The quantitative estimate of drug-likeness (QED) is 0.661. The van der Waals surface area contributed by atoms with Gasteiger partial charge in [-0.05, 0) is 19.1 Å². The molecule has 17 heavy (non-hydrogen) atoms. The van der Waals surface area contributed by atoms with Crippen LogP contribution < -0.4 is 0 Å². The SMILES string of the molecule is C[C@](O)(CC(=O)c1ccccc1F)C(F)(F)F. The number of carbonyl (C=O) groups is 1. The molecule has 1 N–H and O–H groups in total. The average Bonchev–Trinajstić information content (AvgIpc) is 2.15. The molecule has 0 spiro atoms. The molecular formula is C11H10F4O2. The molecule has 0 amide bonds. The van der Waals surface area contributed by atoms with Crippen molar-refractivity contribution in [1.29, 1.82) is 0 Å². The van der Waals surface area contributed by atoms with Gasteiger partial charge in [-0.15, -0.1) is 0 Å². The van der Waals surface area contributed by atoms with Crippen molar-refractivity contribution >= 4 is 5.78 Å². The van der Waals surface area contributed by atoms with Crippen LogP contribution in [0.25, 0.3) is 0 Å². The van der Waals surface area contributed by atoms with E-state index < -0.39 is 35.4 Å². The van der Waals surface area contributed by atoms with Crippen LogP contribution in [0, 0.1) is 5.82 Å². The van der Waals surface area contributed by atoms with E-state index in [2.05, 4.69) is 0 Å². The van der Waals surface area contributed by atoms with Gasteiger partial charge in [-0.1, -0.05) is 12.1 Å². The van der Waals surface area contributed by atoms with E-state index in [0.717, 1.165) is 12.1 Å². The molecule has 0 saturated carbocycles. The summed E-state index contributed by atoms with van der Waals surface area (Å²) < 4.78 is 50.1. The van der Waals surface area contributed by atoms with E-state index in [4.69, 9.17) is 5.11 Å². The molecule has 0 aliphatic carbocycles. The van der Waals surface area contributed by atoms with Crippen LogP contribution in [0.2, 0.25) is 0 Å². The van der Waals surface area contributed by atoms with Gasteiger partial charge in [-0.3, -0.25) is 4.79 Å². The highest BCUT2D eigenvalue weighted by atomic mass is 19.4. The molecule has 0 unspecified atom stereocenters. The molecule has 0 aromatic heterocycles. The van der Waals surface area contributed by atoms with Crippen molar-refractivity contribution in [2.75, 3.05) is 0 Å². The standard InChI is InChI=1S/C11H10F4O2/c1-10(17,11(13,14)15)6-9(16)7-4-2-3-5-8(7)12/h2-5,17H,6H2,1H3/t10-/m0/s1. The average molecular weight is 250 g/mol. The minimum absolute atomic E-state index is 0.461. The fraction of sp³-hybridized carbons (Fsp3) is 0.364. The molecule has 0 heterocycles. The number of benzene rings is 1. The number of Topliss-reactive ketones (excluding diaryl/α,β-unsaturated/α-hetero) is 1. The number of alkyl halides is 3. The van der Waals surface area contributed by atoms with Gasteiger partial charge in [0, 0.05) is 6.42 Å². The maximum atomic E-state index is 13.1. The molecule has 1 atom stereocenters. The fourth-order valence-electron chi connectivity index (χ4n) is 1.20. The number of hydrogen-bond acceptors (Lipinski definition) is 2. The summed E-state index contributed by atoms with van der Waals surface area (Å²) in [6.45, 7) is 0.478. The minimum Gasteiger partial charge on any atom is -0.380 e. The summed E-state index contributed by atoms with van der Waals surface area (Å²) in [6, 6.07) is 4.69. The lowest BCUT2D eigenvalue weighted by Gasteiger charge is -2.25. The molecule has 1 aromatic rings. The monoisotopic (exact) mass is 250 g/mol. The van der Waals surface area contributed by atoms with Gasteiger partial charge < -0.3 is 5.11 Å². The summed E-state index contributed by atoms with van der Waals surface area (Å²) in [5, 5.41) is 9.11. The number of ketones is 1. The van der Waals surface area contributed by atoms with Crippen LogP contribution >= 0.6 is 0 Å². The van der Waals surface area contributed by atoms with E-state index in [1.54, 1.807) is 0 Å². The Labute approximate surface area is 94.9 Å². The Bertz CT molecular complexity index is 424. The van der Waals surface area contributed by atoms with Crippen LogP contribution in [0.15, 0.2) is 24.3 Å². The van der Waals surface area contributed by atoms with Crippen molar-refractivity contribution in [1.82, 2.24) is 0 Å². The van der Waals surface area contributed by atoms with E-state index in [-0.39, 0.29) is 0 Å². The molecule has 6 heteroatoms. The van der Waals surface area contributed by atoms with Gasteiger partial charge in [0.2, 0.25) is 0 Å². The predicted molar refractivity (Wildman–Crippen MR) is 52.0 cm³/mol. The van der Waals surface area contributed by atoms with Gasteiger partial charge in [-0.2, -0.15) is 13.2 Å². The zero-order valence-electron chi connectivity index (χ0n) is 8.88. The maximum Gasteiger partial charge on any atom is 0.417 e. The Kier molecular flexibility index (Phi) is 3.56. The molecule has 0 saturated heterocycles. The first kappa shape index (κ1) is 13.6. The molecule has 1 aromatic carbocycles. The second-order valence-corrected chi connectivity index (χ2v) is 3.85. The van der Waals surface area contributed by atoms with Crippen LogP contribution in [0.4, 0.5) is 17.6 Å². The van der Waals surface area contributed by atoms with E-state index in [9.17, 15) is 22.4 Å². The van der Waals surface area contributed by atoms with Crippen LogP contribution in [0.3, 0.4) is 0 Å². The van der Waals surface area contributed by atoms with E-state index >= 15 is 0 Å². The number of carbonyl (C=O) groups excluding carboxylic acids is 1. The Morgan fingerprint density at radius 3 is 2.29 bits per heavy atom. The summed E-state index contributed by atoms with van der Waals surface area (Å²) in [7, 11) is 0. The van der Waals surface area contributed by atoms with Crippen LogP contribution in [0.5, 0.6) is 0 Å². The molecule has 0 aliphatic rings. The predicted octanol–water partition coefficient (Wildman–Crippen LogP) is 2.71. The Morgan fingerprint density at radius 1 is 1.29 bits per heavy atom. The molecular weight excluding hydrogens is 240 g/mol. The largest absolute Gasteiger partial charge is 0.417 e. The molecule has 94 valence electrons. The zero-order chi connectivity index (χ0) is 13.3. The molecule has 1 rings (SSSR count). The molecule has 0 fully saturated rings. The first-order valence-corrected chi connectivity index (χ1v) is 4.72. The fourth-order valence-corrected chi connectivity index (χ4v) is 1.20. The molecule has 0 aliphatic heterocycles. The third-order valence-electron chi connectivity index (χ3n) is 2.29. The Balaban J connectivity index is 2.92. The number of rotatable bonds is 3. The third kappa shape index (κ3) is 3.03. The summed E-state index contributed by atoms with van der Waals surface area (Å²) in [4.78, 5) is 11.4. The summed E-state index contributed by atoms with van der Waals surface area (Å²) in [6.07, 6.45) is -6.15. The molecule has 0 bridgehead atoms. The third-order valence-corrected chi connectivity index (χ3v) is 2.29. The van der Waals surface area contributed by atoms with Gasteiger partial charge in [0.25, 0.3) is 0 Å². The van der Waals surface area contributed by atoms with Gasteiger partial charge in [0.05, 0.1) is 5.56 Å². The second kappa shape index (κ2) is 4.44. The van der Waals surface area contributed by atoms with E-state index in [1.807, 2.05) is 0 Å². The lowest BCUT2D eigenvalue weighted by molar-refractivity contribution is -0.250. The minimum atomic E-state index is -4.94. The van der Waals surface area contributed by atoms with Crippen LogP contribution in [-0.4, -0.2) is 22.7 Å². The highest BCUT2D eigenvalue weighted by molar-refractivity contribution is 5.96. The van der Waals surface area contributed by atoms with Crippen molar-refractivity contribution in [3.05, 3.63) is 35.6 Å². The van der Waals surface area contributed by atoms with Crippen molar-refractivity contribution in [3.63, 3.8) is 0 Å². The van der Waals surface area contributed by atoms with Gasteiger partial charge in [-0.25, -0.2) is 4.39 Å². The lowest BCUT2D eigenvalue weighted by Crippen LogP contribution is -2.43. The second-order valence-electron chi connectivity index (χ2n) is 3.85. The summed E-state index contributed by atoms with van der Waals surface area (Å²) in [5.74, 6) is -2.00. The van der Waals surface area contributed by atoms with Crippen molar-refractivity contribution in [2.24, 2.45) is 0 Å². The summed E-state index contributed by atoms with van der Waals surface area (Å²) >= 11 is 0. The van der Waals surface area contributed by atoms with Crippen LogP contribution in [-0.2, 0) is 0 Å². The number of halogens is 4.